The first-order chi connectivity index (χ1) is 13.2. The van der Waals surface area contributed by atoms with E-state index in [4.69, 9.17) is 5.73 Å². The fraction of sp³-hybridized carbons (Fsp3) is 0.476. The average molecular weight is 367 g/mol. The Morgan fingerprint density at radius 3 is 2.63 bits per heavy atom. The van der Waals surface area contributed by atoms with Crippen molar-refractivity contribution in [1.29, 1.82) is 0 Å². The zero-order chi connectivity index (χ0) is 19.0. The maximum absolute atomic E-state index is 12.6. The highest BCUT2D eigenvalue weighted by Crippen LogP contribution is 2.27. The molecule has 1 aliphatic heterocycles. The summed E-state index contributed by atoms with van der Waals surface area (Å²) in [6.07, 6.45) is 11.8. The Kier molecular flexibility index (Phi) is 6.90. The summed E-state index contributed by atoms with van der Waals surface area (Å²) in [7, 11) is 0. The second-order valence-corrected chi connectivity index (χ2v) is 7.28. The highest BCUT2D eigenvalue weighted by atomic mass is 16.1. The third-order valence-electron chi connectivity index (χ3n) is 5.55. The minimum absolute atomic E-state index is 0.352. The van der Waals surface area contributed by atoms with Gasteiger partial charge in [-0.05, 0) is 87.0 Å². The van der Waals surface area contributed by atoms with Crippen molar-refractivity contribution < 1.29 is 4.79 Å². The third kappa shape index (κ3) is 5.11. The molecule has 3 rings (SSSR count). The van der Waals surface area contributed by atoms with Gasteiger partial charge >= 0.3 is 0 Å². The number of pyridine rings is 2. The molecule has 4 N–H and O–H groups in total. The predicted molar refractivity (Wildman–Crippen MR) is 106 cm³/mol. The van der Waals surface area contributed by atoms with Crippen LogP contribution in [0.2, 0.25) is 0 Å². The van der Waals surface area contributed by atoms with Gasteiger partial charge in [0.15, 0.2) is 0 Å². The molecule has 1 atom stereocenters. The van der Waals surface area contributed by atoms with Crippen molar-refractivity contribution in [2.75, 3.05) is 19.6 Å². The number of amides is 1. The lowest BCUT2D eigenvalue weighted by Gasteiger charge is -2.33. The molecule has 1 amide bonds. The van der Waals surface area contributed by atoms with Crippen molar-refractivity contribution in [2.45, 2.75) is 37.6 Å². The number of rotatable bonds is 9. The molecule has 27 heavy (non-hydrogen) atoms. The van der Waals surface area contributed by atoms with Crippen LogP contribution < -0.4 is 16.4 Å². The molecule has 6 nitrogen and oxygen atoms in total. The van der Waals surface area contributed by atoms with Crippen LogP contribution in [0.25, 0.3) is 0 Å². The maximum atomic E-state index is 12.6. The van der Waals surface area contributed by atoms with E-state index in [9.17, 15) is 4.79 Å². The van der Waals surface area contributed by atoms with E-state index in [1.807, 2.05) is 24.3 Å². The van der Waals surface area contributed by atoms with Crippen LogP contribution >= 0.6 is 0 Å². The SMILES string of the molecule is NC(=O)C(CCc1ccncc1)(NCCC1CCNCC1)c1cccnc1. The third-order valence-corrected chi connectivity index (χ3v) is 5.55. The van der Waals surface area contributed by atoms with Gasteiger partial charge < -0.3 is 11.1 Å². The van der Waals surface area contributed by atoms with E-state index in [0.717, 1.165) is 43.6 Å². The Morgan fingerprint density at radius 2 is 1.96 bits per heavy atom. The van der Waals surface area contributed by atoms with Gasteiger partial charge in [0.2, 0.25) is 5.91 Å². The number of primary amides is 1. The van der Waals surface area contributed by atoms with E-state index in [0.29, 0.717) is 12.3 Å². The van der Waals surface area contributed by atoms with Crippen molar-refractivity contribution in [1.82, 2.24) is 20.6 Å². The number of carbonyl (C=O) groups excluding carboxylic acids is 1. The number of aromatic nitrogens is 2. The molecule has 1 unspecified atom stereocenters. The lowest BCUT2D eigenvalue weighted by Crippen LogP contribution is -2.53. The molecule has 1 saturated heterocycles. The second kappa shape index (κ2) is 9.58. The summed E-state index contributed by atoms with van der Waals surface area (Å²) >= 11 is 0. The minimum atomic E-state index is -0.912. The van der Waals surface area contributed by atoms with Gasteiger partial charge in [-0.1, -0.05) is 6.07 Å². The molecule has 0 spiro atoms. The van der Waals surface area contributed by atoms with E-state index < -0.39 is 5.54 Å². The van der Waals surface area contributed by atoms with E-state index in [2.05, 4.69) is 20.6 Å². The van der Waals surface area contributed by atoms with Crippen molar-refractivity contribution in [3.63, 3.8) is 0 Å². The van der Waals surface area contributed by atoms with Crippen molar-refractivity contribution in [3.05, 3.63) is 60.2 Å². The highest BCUT2D eigenvalue weighted by Gasteiger charge is 2.38. The van der Waals surface area contributed by atoms with Crippen LogP contribution in [0, 0.1) is 5.92 Å². The first kappa shape index (κ1) is 19.5. The van der Waals surface area contributed by atoms with Crippen LogP contribution in [0.5, 0.6) is 0 Å². The molecule has 144 valence electrons. The van der Waals surface area contributed by atoms with Gasteiger partial charge in [-0.3, -0.25) is 20.1 Å². The number of nitrogens with two attached hydrogens (primary N) is 1. The maximum Gasteiger partial charge on any atom is 0.242 e. The van der Waals surface area contributed by atoms with Gasteiger partial charge in [0, 0.05) is 24.8 Å². The largest absolute Gasteiger partial charge is 0.368 e. The highest BCUT2D eigenvalue weighted by molar-refractivity contribution is 5.86. The summed E-state index contributed by atoms with van der Waals surface area (Å²) in [6.45, 7) is 2.92. The molecule has 0 aliphatic carbocycles. The summed E-state index contributed by atoms with van der Waals surface area (Å²) in [4.78, 5) is 20.9. The lowest BCUT2D eigenvalue weighted by molar-refractivity contribution is -0.125. The molecule has 2 aromatic heterocycles. The average Bonchev–Trinajstić information content (AvgIpc) is 2.72. The van der Waals surface area contributed by atoms with E-state index >= 15 is 0 Å². The van der Waals surface area contributed by atoms with E-state index in [1.165, 1.54) is 12.8 Å². The quantitative estimate of drug-likeness (QED) is 0.628. The molecule has 1 fully saturated rings. The van der Waals surface area contributed by atoms with Crippen LogP contribution in [0.3, 0.4) is 0 Å². The van der Waals surface area contributed by atoms with Gasteiger partial charge in [-0.15, -0.1) is 0 Å². The number of aryl methyl sites for hydroxylation is 1. The Morgan fingerprint density at radius 1 is 1.19 bits per heavy atom. The van der Waals surface area contributed by atoms with Crippen LogP contribution in [-0.2, 0) is 16.8 Å². The molecule has 2 aromatic rings. The fourth-order valence-corrected chi connectivity index (χ4v) is 3.84. The molecule has 0 aromatic carbocycles. The van der Waals surface area contributed by atoms with Gasteiger partial charge in [-0.25, -0.2) is 0 Å². The smallest absolute Gasteiger partial charge is 0.242 e. The van der Waals surface area contributed by atoms with Crippen molar-refractivity contribution >= 4 is 5.91 Å². The molecular formula is C21H29N5O. The van der Waals surface area contributed by atoms with Crippen LogP contribution in [0.15, 0.2) is 49.1 Å². The summed E-state index contributed by atoms with van der Waals surface area (Å²) in [5.41, 5.74) is 6.99. The molecular weight excluding hydrogens is 338 g/mol. The van der Waals surface area contributed by atoms with Crippen LogP contribution in [-0.4, -0.2) is 35.5 Å². The molecule has 0 saturated carbocycles. The van der Waals surface area contributed by atoms with Crippen molar-refractivity contribution in [2.24, 2.45) is 11.7 Å². The molecule has 0 bridgehead atoms. The van der Waals surface area contributed by atoms with E-state index in [1.54, 1.807) is 24.8 Å². The normalized spacial score (nSPS) is 17.3. The number of nitrogens with one attached hydrogen (secondary N) is 2. The summed E-state index contributed by atoms with van der Waals surface area (Å²) < 4.78 is 0. The summed E-state index contributed by atoms with van der Waals surface area (Å²) in [6, 6.07) is 7.74. The monoisotopic (exact) mass is 367 g/mol. The first-order valence-corrected chi connectivity index (χ1v) is 9.76. The number of piperidine rings is 1. The van der Waals surface area contributed by atoms with Crippen molar-refractivity contribution in [3.8, 4) is 0 Å². The number of carbonyl (C=O) groups is 1. The Labute approximate surface area is 161 Å². The van der Waals surface area contributed by atoms with Gasteiger partial charge in [-0.2, -0.15) is 0 Å². The van der Waals surface area contributed by atoms with Gasteiger partial charge in [0.25, 0.3) is 0 Å². The Hall–Kier alpha value is -2.31. The Balaban J connectivity index is 1.74. The standard InChI is InChI=1S/C21H29N5O/c22-20(27)21(19-2-1-10-25-16-19,9-3-17-4-11-23-12-5-17)26-15-8-18-6-13-24-14-7-18/h1-2,4-5,10-12,16,18,24,26H,3,6-9,13-15H2,(H2,22,27). The van der Waals surface area contributed by atoms with E-state index in [-0.39, 0.29) is 5.91 Å². The number of nitrogens with zero attached hydrogens (tertiary/aromatic N) is 2. The first-order valence-electron chi connectivity index (χ1n) is 9.76. The molecule has 0 radical (unpaired) electrons. The fourth-order valence-electron chi connectivity index (χ4n) is 3.84. The van der Waals surface area contributed by atoms with Crippen LogP contribution in [0.4, 0.5) is 0 Å². The summed E-state index contributed by atoms with van der Waals surface area (Å²) in [5.74, 6) is 0.341. The molecule has 3 heterocycles. The number of hydrogen-bond acceptors (Lipinski definition) is 5. The lowest BCUT2D eigenvalue weighted by atomic mass is 9.83. The molecule has 6 heteroatoms. The van der Waals surface area contributed by atoms with Gasteiger partial charge in [0.1, 0.15) is 5.54 Å². The van der Waals surface area contributed by atoms with Gasteiger partial charge in [0.05, 0.1) is 0 Å². The zero-order valence-corrected chi connectivity index (χ0v) is 15.7. The summed E-state index contributed by atoms with van der Waals surface area (Å²) in [5, 5.41) is 6.91. The topological polar surface area (TPSA) is 92.9 Å². The molecule has 1 aliphatic rings. The number of hydrogen-bond donors (Lipinski definition) is 3. The Bertz CT molecular complexity index is 703. The predicted octanol–water partition coefficient (Wildman–Crippen LogP) is 1.77. The zero-order valence-electron chi connectivity index (χ0n) is 15.7. The minimum Gasteiger partial charge on any atom is -0.368 e. The van der Waals surface area contributed by atoms with Crippen LogP contribution in [0.1, 0.15) is 36.8 Å². The second-order valence-electron chi connectivity index (χ2n) is 7.28.